The number of hydrazone groups is 1. The smallest absolute Gasteiger partial charge is 0.311 e. The number of thiazole rings is 1. The van der Waals surface area contributed by atoms with Crippen molar-refractivity contribution in [1.29, 1.82) is 0 Å². The lowest BCUT2D eigenvalue weighted by atomic mass is 10.2. The Morgan fingerprint density at radius 1 is 1.52 bits per heavy atom. The highest BCUT2D eigenvalue weighted by Crippen LogP contribution is 2.24. The first-order valence-corrected chi connectivity index (χ1v) is 8.52. The molecule has 1 aromatic carbocycles. The highest BCUT2D eigenvalue weighted by atomic mass is 79.9. The van der Waals surface area contributed by atoms with Crippen LogP contribution in [0, 0.1) is 0 Å². The Bertz CT molecular complexity index is 703. The number of halogens is 1. The number of nitrogens with one attached hydrogen (secondary N) is 1. The Balaban J connectivity index is 1.92. The minimum Gasteiger partial charge on any atom is -0.496 e. The van der Waals surface area contributed by atoms with E-state index in [2.05, 4.69) is 31.4 Å². The van der Waals surface area contributed by atoms with Crippen LogP contribution in [0.3, 0.4) is 0 Å². The number of rotatable bonds is 7. The average Bonchev–Trinajstić information content (AvgIpc) is 2.95. The summed E-state index contributed by atoms with van der Waals surface area (Å²) in [5, 5.41) is 6.56. The summed E-state index contributed by atoms with van der Waals surface area (Å²) in [7, 11) is 1.62. The third-order valence-electron chi connectivity index (χ3n) is 2.73. The van der Waals surface area contributed by atoms with Gasteiger partial charge in [0.1, 0.15) is 5.75 Å². The third-order valence-corrected chi connectivity index (χ3v) is 4.15. The molecule has 122 valence electrons. The molecule has 0 saturated carbocycles. The van der Waals surface area contributed by atoms with Crippen molar-refractivity contribution < 1.29 is 14.3 Å². The van der Waals surface area contributed by atoms with Crippen LogP contribution < -0.4 is 10.2 Å². The van der Waals surface area contributed by atoms with E-state index in [-0.39, 0.29) is 12.4 Å². The van der Waals surface area contributed by atoms with Crippen molar-refractivity contribution in [2.24, 2.45) is 5.10 Å². The number of ether oxygens (including phenoxy) is 2. The van der Waals surface area contributed by atoms with Crippen LogP contribution in [0.4, 0.5) is 5.13 Å². The van der Waals surface area contributed by atoms with Gasteiger partial charge in [-0.3, -0.25) is 10.2 Å². The Kier molecular flexibility index (Phi) is 6.54. The van der Waals surface area contributed by atoms with Gasteiger partial charge in [0, 0.05) is 5.38 Å². The quantitative estimate of drug-likeness (QED) is 0.439. The predicted octanol–water partition coefficient (Wildman–Crippen LogP) is 3.47. The van der Waals surface area contributed by atoms with Gasteiger partial charge in [0.25, 0.3) is 0 Å². The van der Waals surface area contributed by atoms with E-state index in [9.17, 15) is 4.79 Å². The number of carbonyl (C=O) groups excluding carboxylic acids is 1. The second kappa shape index (κ2) is 8.64. The molecular formula is C15H16BrN3O3S. The van der Waals surface area contributed by atoms with E-state index in [1.807, 2.05) is 18.2 Å². The van der Waals surface area contributed by atoms with Gasteiger partial charge in [-0.2, -0.15) is 5.10 Å². The highest BCUT2D eigenvalue weighted by molar-refractivity contribution is 9.10. The summed E-state index contributed by atoms with van der Waals surface area (Å²) in [6, 6.07) is 5.65. The topological polar surface area (TPSA) is 72.8 Å². The molecule has 2 rings (SSSR count). The van der Waals surface area contributed by atoms with Crippen LogP contribution in [0.2, 0.25) is 0 Å². The number of hydrogen-bond donors (Lipinski definition) is 1. The standard InChI is InChI=1S/C15H16BrN3O3S/c1-3-22-14(20)7-11-9-23-15(18-11)19-17-8-10-4-5-13(21-2)12(16)6-10/h4-6,8-9H,3,7H2,1-2H3,(H,18,19). The van der Waals surface area contributed by atoms with Gasteiger partial charge in [-0.1, -0.05) is 0 Å². The molecule has 0 radical (unpaired) electrons. The summed E-state index contributed by atoms with van der Waals surface area (Å²) in [5.41, 5.74) is 4.42. The summed E-state index contributed by atoms with van der Waals surface area (Å²) in [4.78, 5) is 15.7. The monoisotopic (exact) mass is 397 g/mol. The second-order valence-corrected chi connectivity index (χ2v) is 6.10. The summed E-state index contributed by atoms with van der Waals surface area (Å²) in [6.07, 6.45) is 1.85. The molecule has 0 bridgehead atoms. The number of hydrogen-bond acceptors (Lipinski definition) is 7. The van der Waals surface area contributed by atoms with Crippen molar-refractivity contribution in [3.63, 3.8) is 0 Å². The molecule has 0 aliphatic heterocycles. The predicted molar refractivity (Wildman–Crippen MR) is 94.4 cm³/mol. The van der Waals surface area contributed by atoms with E-state index < -0.39 is 0 Å². The van der Waals surface area contributed by atoms with E-state index >= 15 is 0 Å². The van der Waals surface area contributed by atoms with Crippen molar-refractivity contribution >= 4 is 44.6 Å². The van der Waals surface area contributed by atoms with Crippen LogP contribution in [0.5, 0.6) is 5.75 Å². The number of esters is 1. The number of anilines is 1. The van der Waals surface area contributed by atoms with Crippen LogP contribution >= 0.6 is 27.3 Å². The summed E-state index contributed by atoms with van der Waals surface area (Å²) >= 11 is 4.80. The molecule has 6 nitrogen and oxygen atoms in total. The van der Waals surface area contributed by atoms with Gasteiger partial charge in [-0.05, 0) is 46.6 Å². The van der Waals surface area contributed by atoms with E-state index in [0.717, 1.165) is 15.8 Å². The van der Waals surface area contributed by atoms with Crippen molar-refractivity contribution in [3.05, 3.63) is 39.3 Å². The zero-order valence-electron chi connectivity index (χ0n) is 12.7. The number of aromatic nitrogens is 1. The van der Waals surface area contributed by atoms with Gasteiger partial charge in [-0.25, -0.2) is 4.98 Å². The largest absolute Gasteiger partial charge is 0.496 e. The maximum atomic E-state index is 11.4. The van der Waals surface area contributed by atoms with Crippen molar-refractivity contribution in [3.8, 4) is 5.75 Å². The molecule has 0 atom stereocenters. The zero-order chi connectivity index (χ0) is 16.7. The van der Waals surface area contributed by atoms with Gasteiger partial charge in [0.15, 0.2) is 0 Å². The molecule has 0 unspecified atom stereocenters. The molecule has 0 amide bonds. The van der Waals surface area contributed by atoms with E-state index in [0.29, 0.717) is 17.4 Å². The molecule has 8 heteroatoms. The lowest BCUT2D eigenvalue weighted by Crippen LogP contribution is -2.07. The number of benzene rings is 1. The SMILES string of the molecule is CCOC(=O)Cc1csc(NN=Cc2ccc(OC)c(Br)c2)n1. The van der Waals surface area contributed by atoms with Crippen LogP contribution in [-0.2, 0) is 16.0 Å². The van der Waals surface area contributed by atoms with Crippen LogP contribution in [0.25, 0.3) is 0 Å². The van der Waals surface area contributed by atoms with Gasteiger partial charge >= 0.3 is 5.97 Å². The number of methoxy groups -OCH3 is 1. The highest BCUT2D eigenvalue weighted by Gasteiger charge is 2.07. The van der Waals surface area contributed by atoms with Crippen LogP contribution in [0.1, 0.15) is 18.2 Å². The van der Waals surface area contributed by atoms with E-state index in [1.165, 1.54) is 11.3 Å². The Hall–Kier alpha value is -1.93. The van der Waals surface area contributed by atoms with Crippen molar-refractivity contribution in [2.45, 2.75) is 13.3 Å². The van der Waals surface area contributed by atoms with Gasteiger partial charge in [0.05, 0.1) is 36.5 Å². The van der Waals surface area contributed by atoms with E-state index in [1.54, 1.807) is 25.6 Å². The third kappa shape index (κ3) is 5.33. The zero-order valence-corrected chi connectivity index (χ0v) is 15.1. The first-order chi connectivity index (χ1) is 11.1. The normalized spacial score (nSPS) is 10.7. The number of nitrogens with zero attached hydrogens (tertiary/aromatic N) is 2. The Morgan fingerprint density at radius 2 is 2.35 bits per heavy atom. The summed E-state index contributed by atoms with van der Waals surface area (Å²) < 4.78 is 10.9. The first-order valence-electron chi connectivity index (χ1n) is 6.85. The molecule has 0 aliphatic rings. The minimum atomic E-state index is -0.282. The molecule has 0 saturated heterocycles. The first kappa shape index (κ1) is 17.4. The van der Waals surface area contributed by atoms with E-state index in [4.69, 9.17) is 9.47 Å². The molecule has 0 aliphatic carbocycles. The molecule has 1 N–H and O–H groups in total. The second-order valence-electron chi connectivity index (χ2n) is 4.39. The van der Waals surface area contributed by atoms with Gasteiger partial charge in [-0.15, -0.1) is 11.3 Å². The summed E-state index contributed by atoms with van der Waals surface area (Å²) in [5.74, 6) is 0.481. The number of carbonyl (C=O) groups is 1. The lowest BCUT2D eigenvalue weighted by molar-refractivity contribution is -0.142. The molecule has 0 fully saturated rings. The van der Waals surface area contributed by atoms with Crippen LogP contribution in [-0.4, -0.2) is 30.9 Å². The Morgan fingerprint density at radius 3 is 3.04 bits per heavy atom. The minimum absolute atomic E-state index is 0.168. The van der Waals surface area contributed by atoms with Gasteiger partial charge in [0.2, 0.25) is 5.13 Å². The fourth-order valence-corrected chi connectivity index (χ4v) is 2.94. The maximum absolute atomic E-state index is 11.4. The fourth-order valence-electron chi connectivity index (χ4n) is 1.72. The molecule has 0 spiro atoms. The van der Waals surface area contributed by atoms with Gasteiger partial charge < -0.3 is 9.47 Å². The molecule has 1 aromatic heterocycles. The molecule has 23 heavy (non-hydrogen) atoms. The van der Waals surface area contributed by atoms with Crippen LogP contribution in [0.15, 0.2) is 33.2 Å². The Labute approximate surface area is 146 Å². The lowest BCUT2D eigenvalue weighted by Gasteiger charge is -2.03. The molecular weight excluding hydrogens is 382 g/mol. The van der Waals surface area contributed by atoms with Crippen molar-refractivity contribution in [2.75, 3.05) is 19.1 Å². The molecule has 2 aromatic rings. The van der Waals surface area contributed by atoms with Crippen molar-refractivity contribution in [1.82, 2.24) is 4.98 Å². The average molecular weight is 398 g/mol. The molecule has 1 heterocycles. The summed E-state index contributed by atoms with van der Waals surface area (Å²) in [6.45, 7) is 2.15. The fraction of sp³-hybridized carbons (Fsp3) is 0.267. The maximum Gasteiger partial charge on any atom is 0.311 e.